The number of hydrogen-bond acceptors (Lipinski definition) is 2. The molecule has 2 rings (SSSR count). The molecule has 0 spiro atoms. The van der Waals surface area contributed by atoms with Crippen LogP contribution >= 0.6 is 0 Å². The van der Waals surface area contributed by atoms with Gasteiger partial charge in [0.15, 0.2) is 0 Å². The molecule has 2 heteroatoms. The van der Waals surface area contributed by atoms with Crippen LogP contribution in [0.3, 0.4) is 0 Å². The highest BCUT2D eigenvalue weighted by Crippen LogP contribution is 2.38. The third-order valence-electron chi connectivity index (χ3n) is 2.64. The van der Waals surface area contributed by atoms with Crippen LogP contribution in [-0.2, 0) is 5.60 Å². The fraction of sp³-hybridized carbons (Fsp3) is 0.333. The van der Waals surface area contributed by atoms with Crippen LogP contribution in [0.4, 0.5) is 0 Å². The van der Waals surface area contributed by atoms with E-state index in [9.17, 15) is 5.11 Å². The second-order valence-electron chi connectivity index (χ2n) is 3.62. The zero-order valence-electron chi connectivity index (χ0n) is 8.07. The summed E-state index contributed by atoms with van der Waals surface area (Å²) in [4.78, 5) is 0. The number of benzene rings is 1. The van der Waals surface area contributed by atoms with E-state index in [2.05, 4.69) is 6.58 Å². The Morgan fingerprint density at radius 3 is 3.07 bits per heavy atom. The molecule has 0 fully saturated rings. The molecule has 0 amide bonds. The van der Waals surface area contributed by atoms with Crippen molar-refractivity contribution in [2.75, 3.05) is 6.61 Å². The van der Waals surface area contributed by atoms with Gasteiger partial charge in [-0.1, -0.05) is 24.3 Å². The molecule has 0 saturated carbocycles. The standard InChI is InChI=1S/C12H14O2/c1-2-7-12(13)8-9-14-11-6-4-3-5-10(11)12/h2-6,13H,1,7-9H2/t12-/m1/s1. The quantitative estimate of drug-likeness (QED) is 0.725. The van der Waals surface area contributed by atoms with Crippen LogP contribution in [0.25, 0.3) is 0 Å². The molecular weight excluding hydrogens is 176 g/mol. The van der Waals surface area contributed by atoms with E-state index in [0.717, 1.165) is 11.3 Å². The van der Waals surface area contributed by atoms with E-state index < -0.39 is 5.60 Å². The van der Waals surface area contributed by atoms with Gasteiger partial charge in [0.1, 0.15) is 5.75 Å². The van der Waals surface area contributed by atoms with E-state index in [-0.39, 0.29) is 0 Å². The van der Waals surface area contributed by atoms with Crippen LogP contribution in [0.2, 0.25) is 0 Å². The third kappa shape index (κ3) is 1.42. The Kier molecular flexibility index (Phi) is 2.30. The van der Waals surface area contributed by atoms with E-state index in [4.69, 9.17) is 4.74 Å². The number of rotatable bonds is 2. The highest BCUT2D eigenvalue weighted by molar-refractivity contribution is 5.39. The number of hydrogen-bond donors (Lipinski definition) is 1. The number of aliphatic hydroxyl groups is 1. The van der Waals surface area contributed by atoms with Gasteiger partial charge in [-0.25, -0.2) is 0 Å². The topological polar surface area (TPSA) is 29.5 Å². The predicted octanol–water partition coefficient (Wildman–Crippen LogP) is 2.23. The van der Waals surface area contributed by atoms with Crippen molar-refractivity contribution in [1.29, 1.82) is 0 Å². The van der Waals surface area contributed by atoms with Crippen molar-refractivity contribution in [3.8, 4) is 5.75 Å². The molecular formula is C12H14O2. The van der Waals surface area contributed by atoms with E-state index in [1.807, 2.05) is 24.3 Å². The highest BCUT2D eigenvalue weighted by atomic mass is 16.5. The first kappa shape index (κ1) is 9.28. The first-order chi connectivity index (χ1) is 6.76. The summed E-state index contributed by atoms with van der Waals surface area (Å²) in [6.45, 7) is 4.24. The van der Waals surface area contributed by atoms with E-state index in [1.165, 1.54) is 0 Å². The minimum absolute atomic E-state index is 0.571. The second-order valence-corrected chi connectivity index (χ2v) is 3.62. The summed E-state index contributed by atoms with van der Waals surface area (Å²) in [6, 6.07) is 7.64. The molecule has 1 aliphatic rings. The fourth-order valence-electron chi connectivity index (χ4n) is 1.89. The fourth-order valence-corrected chi connectivity index (χ4v) is 1.89. The lowest BCUT2D eigenvalue weighted by molar-refractivity contribution is -0.000220. The van der Waals surface area contributed by atoms with Gasteiger partial charge in [-0.15, -0.1) is 6.58 Å². The van der Waals surface area contributed by atoms with Crippen LogP contribution in [0.5, 0.6) is 5.75 Å². The van der Waals surface area contributed by atoms with E-state index in [1.54, 1.807) is 6.08 Å². The molecule has 1 aromatic rings. The Balaban J connectivity index is 2.44. The molecule has 0 saturated heterocycles. The Bertz CT molecular complexity index is 346. The Morgan fingerprint density at radius 1 is 1.50 bits per heavy atom. The van der Waals surface area contributed by atoms with Crippen LogP contribution < -0.4 is 4.74 Å². The molecule has 0 unspecified atom stereocenters. The Labute approximate surface area is 83.8 Å². The lowest BCUT2D eigenvalue weighted by atomic mass is 9.85. The van der Waals surface area contributed by atoms with Crippen LogP contribution in [0.1, 0.15) is 18.4 Å². The first-order valence-electron chi connectivity index (χ1n) is 4.82. The summed E-state index contributed by atoms with van der Waals surface area (Å²) in [6.07, 6.45) is 2.96. The Morgan fingerprint density at radius 2 is 2.29 bits per heavy atom. The molecule has 14 heavy (non-hydrogen) atoms. The zero-order valence-corrected chi connectivity index (χ0v) is 8.07. The van der Waals surface area contributed by atoms with Crippen molar-refractivity contribution in [2.45, 2.75) is 18.4 Å². The molecule has 0 bridgehead atoms. The maximum absolute atomic E-state index is 10.4. The molecule has 1 atom stereocenters. The highest BCUT2D eigenvalue weighted by Gasteiger charge is 2.33. The van der Waals surface area contributed by atoms with Crippen LogP contribution in [-0.4, -0.2) is 11.7 Å². The van der Waals surface area contributed by atoms with Crippen molar-refractivity contribution in [1.82, 2.24) is 0 Å². The minimum atomic E-state index is -0.781. The number of fused-ring (bicyclic) bond motifs is 1. The number of ether oxygens (including phenoxy) is 1. The van der Waals surface area contributed by atoms with E-state index in [0.29, 0.717) is 19.4 Å². The summed E-state index contributed by atoms with van der Waals surface area (Å²) in [5.74, 6) is 0.795. The molecule has 1 N–H and O–H groups in total. The lowest BCUT2D eigenvalue weighted by Gasteiger charge is -2.33. The van der Waals surface area contributed by atoms with Gasteiger partial charge in [0.2, 0.25) is 0 Å². The zero-order chi connectivity index (χ0) is 10.0. The maximum Gasteiger partial charge on any atom is 0.125 e. The summed E-state index contributed by atoms with van der Waals surface area (Å²) in [7, 11) is 0. The van der Waals surface area contributed by atoms with Crippen LogP contribution in [0.15, 0.2) is 36.9 Å². The molecule has 74 valence electrons. The van der Waals surface area contributed by atoms with Gasteiger partial charge in [-0.05, 0) is 12.5 Å². The average molecular weight is 190 g/mol. The van der Waals surface area contributed by atoms with Crippen molar-refractivity contribution in [3.63, 3.8) is 0 Å². The maximum atomic E-state index is 10.4. The van der Waals surface area contributed by atoms with Crippen molar-refractivity contribution in [2.24, 2.45) is 0 Å². The largest absolute Gasteiger partial charge is 0.493 e. The van der Waals surface area contributed by atoms with Crippen molar-refractivity contribution < 1.29 is 9.84 Å². The van der Waals surface area contributed by atoms with Gasteiger partial charge < -0.3 is 9.84 Å². The molecule has 1 aromatic carbocycles. The lowest BCUT2D eigenvalue weighted by Crippen LogP contribution is -2.32. The van der Waals surface area contributed by atoms with Gasteiger partial charge in [0, 0.05) is 12.0 Å². The smallest absolute Gasteiger partial charge is 0.125 e. The Hall–Kier alpha value is -1.28. The van der Waals surface area contributed by atoms with E-state index >= 15 is 0 Å². The predicted molar refractivity (Wildman–Crippen MR) is 55.3 cm³/mol. The molecule has 0 radical (unpaired) electrons. The minimum Gasteiger partial charge on any atom is -0.493 e. The molecule has 0 aliphatic carbocycles. The van der Waals surface area contributed by atoms with Crippen LogP contribution in [0, 0.1) is 0 Å². The van der Waals surface area contributed by atoms with Gasteiger partial charge in [0.25, 0.3) is 0 Å². The summed E-state index contributed by atoms with van der Waals surface area (Å²) >= 11 is 0. The van der Waals surface area contributed by atoms with Gasteiger partial charge in [-0.2, -0.15) is 0 Å². The molecule has 1 aliphatic heterocycles. The normalized spacial score (nSPS) is 24.9. The molecule has 2 nitrogen and oxygen atoms in total. The molecule has 0 aromatic heterocycles. The average Bonchev–Trinajstić information content (AvgIpc) is 2.19. The SMILES string of the molecule is C=CC[C@@]1(O)CCOc2ccccc21. The first-order valence-corrected chi connectivity index (χ1v) is 4.82. The van der Waals surface area contributed by atoms with Gasteiger partial charge in [-0.3, -0.25) is 0 Å². The van der Waals surface area contributed by atoms with Gasteiger partial charge in [0.05, 0.1) is 12.2 Å². The number of para-hydroxylation sites is 1. The second kappa shape index (κ2) is 3.46. The monoisotopic (exact) mass is 190 g/mol. The third-order valence-corrected chi connectivity index (χ3v) is 2.64. The summed E-state index contributed by atoms with van der Waals surface area (Å²) < 4.78 is 5.47. The van der Waals surface area contributed by atoms with Gasteiger partial charge >= 0.3 is 0 Å². The molecule has 1 heterocycles. The summed E-state index contributed by atoms with van der Waals surface area (Å²) in [5, 5.41) is 10.4. The van der Waals surface area contributed by atoms with Crippen molar-refractivity contribution >= 4 is 0 Å². The van der Waals surface area contributed by atoms with Crippen molar-refractivity contribution in [3.05, 3.63) is 42.5 Å². The summed E-state index contributed by atoms with van der Waals surface area (Å²) in [5.41, 5.74) is 0.0995.